The third-order valence-electron chi connectivity index (χ3n) is 2.27. The summed E-state index contributed by atoms with van der Waals surface area (Å²) in [5, 5.41) is 9.84. The van der Waals surface area contributed by atoms with E-state index < -0.39 is 5.79 Å². The molecule has 0 radical (unpaired) electrons. The molecule has 0 saturated carbocycles. The minimum atomic E-state index is -0.731. The minimum Gasteiger partial charge on any atom is -0.463 e. The lowest BCUT2D eigenvalue weighted by Crippen LogP contribution is -2.38. The van der Waals surface area contributed by atoms with E-state index in [0.29, 0.717) is 10.8 Å². The van der Waals surface area contributed by atoms with Crippen molar-refractivity contribution >= 4 is 11.6 Å². The Balaban J connectivity index is 2.44. The van der Waals surface area contributed by atoms with Crippen molar-refractivity contribution in [3.63, 3.8) is 0 Å². The number of benzene rings is 1. The van der Waals surface area contributed by atoms with E-state index in [9.17, 15) is 5.11 Å². The molecular formula is C11H13ClO3. The Morgan fingerprint density at radius 1 is 1.47 bits per heavy atom. The first kappa shape index (κ1) is 10.7. The minimum absolute atomic E-state index is 0.0680. The van der Waals surface area contributed by atoms with Crippen molar-refractivity contribution < 1.29 is 14.6 Å². The summed E-state index contributed by atoms with van der Waals surface area (Å²) < 4.78 is 11.2. The first-order valence-electron chi connectivity index (χ1n) is 4.79. The summed E-state index contributed by atoms with van der Waals surface area (Å²) in [7, 11) is 0. The molecule has 1 N–H and O–H groups in total. The summed E-state index contributed by atoms with van der Waals surface area (Å²) in [5.41, 5.74) is 0.834. The zero-order valence-corrected chi connectivity index (χ0v) is 9.41. The molecule has 1 aliphatic heterocycles. The Kier molecular flexibility index (Phi) is 2.63. The first-order valence-corrected chi connectivity index (χ1v) is 5.17. The van der Waals surface area contributed by atoms with Crippen LogP contribution in [-0.2, 0) is 4.74 Å². The van der Waals surface area contributed by atoms with Crippen molar-refractivity contribution in [3.8, 4) is 5.75 Å². The van der Waals surface area contributed by atoms with Crippen LogP contribution in [0.15, 0.2) is 18.2 Å². The van der Waals surface area contributed by atoms with Gasteiger partial charge in [-0.15, -0.1) is 0 Å². The van der Waals surface area contributed by atoms with Crippen LogP contribution in [-0.4, -0.2) is 17.5 Å². The third kappa shape index (κ3) is 2.09. The van der Waals surface area contributed by atoms with Gasteiger partial charge in [0.25, 0.3) is 0 Å². The number of hydrogen-bond donors (Lipinski definition) is 1. The summed E-state index contributed by atoms with van der Waals surface area (Å²) in [4.78, 5) is 0. The highest BCUT2D eigenvalue weighted by atomic mass is 35.5. The van der Waals surface area contributed by atoms with Crippen LogP contribution in [0.5, 0.6) is 5.75 Å². The SMILES string of the molecule is CC1(C)Oc2cc(Cl)ccc2C(CO)O1. The summed E-state index contributed by atoms with van der Waals surface area (Å²) in [5.74, 6) is -0.0526. The van der Waals surface area contributed by atoms with Gasteiger partial charge in [-0.05, 0) is 12.1 Å². The maximum atomic E-state index is 9.23. The standard InChI is InChI=1S/C11H13ClO3/c1-11(2)14-9-5-7(12)3-4-8(9)10(6-13)15-11/h3-5,10,13H,6H2,1-2H3. The van der Waals surface area contributed by atoms with Crippen LogP contribution in [0.1, 0.15) is 25.5 Å². The Bertz CT molecular complexity index is 376. The normalized spacial score (nSPS) is 23.1. The van der Waals surface area contributed by atoms with Crippen LogP contribution < -0.4 is 4.74 Å². The van der Waals surface area contributed by atoms with Gasteiger partial charge in [-0.1, -0.05) is 17.7 Å². The second-order valence-electron chi connectivity index (χ2n) is 3.97. The number of aliphatic hydroxyl groups is 1. The summed E-state index contributed by atoms with van der Waals surface area (Å²) in [6.45, 7) is 3.54. The molecule has 1 aromatic carbocycles. The van der Waals surface area contributed by atoms with Crippen molar-refractivity contribution in [1.82, 2.24) is 0 Å². The molecular weight excluding hydrogens is 216 g/mol. The Morgan fingerprint density at radius 3 is 2.87 bits per heavy atom. The van der Waals surface area contributed by atoms with E-state index in [-0.39, 0.29) is 12.7 Å². The molecule has 1 unspecified atom stereocenters. The quantitative estimate of drug-likeness (QED) is 0.803. The van der Waals surface area contributed by atoms with E-state index in [1.165, 1.54) is 0 Å². The van der Waals surface area contributed by atoms with Crippen molar-refractivity contribution in [2.75, 3.05) is 6.61 Å². The lowest BCUT2D eigenvalue weighted by atomic mass is 10.1. The highest BCUT2D eigenvalue weighted by molar-refractivity contribution is 6.30. The smallest absolute Gasteiger partial charge is 0.205 e. The predicted octanol–water partition coefficient (Wildman–Crippen LogP) is 2.52. The Hall–Kier alpha value is -0.770. The molecule has 1 aliphatic rings. The van der Waals surface area contributed by atoms with Crippen LogP contribution in [0.4, 0.5) is 0 Å². The fourth-order valence-corrected chi connectivity index (χ4v) is 1.86. The van der Waals surface area contributed by atoms with Crippen molar-refractivity contribution in [3.05, 3.63) is 28.8 Å². The van der Waals surface area contributed by atoms with Crippen LogP contribution in [0, 0.1) is 0 Å². The molecule has 0 saturated heterocycles. The van der Waals surface area contributed by atoms with Gasteiger partial charge in [-0.25, -0.2) is 0 Å². The van der Waals surface area contributed by atoms with Gasteiger partial charge in [0.05, 0.1) is 6.61 Å². The molecule has 0 aromatic heterocycles. The zero-order chi connectivity index (χ0) is 11.1. The zero-order valence-electron chi connectivity index (χ0n) is 8.66. The fraction of sp³-hybridized carbons (Fsp3) is 0.455. The highest BCUT2D eigenvalue weighted by Crippen LogP contribution is 2.39. The number of ether oxygens (including phenoxy) is 2. The molecule has 0 bridgehead atoms. The molecule has 3 nitrogen and oxygen atoms in total. The maximum Gasteiger partial charge on any atom is 0.205 e. The van der Waals surface area contributed by atoms with Gasteiger partial charge in [0.15, 0.2) is 0 Å². The van der Waals surface area contributed by atoms with E-state index in [0.717, 1.165) is 5.56 Å². The van der Waals surface area contributed by atoms with Gasteiger partial charge in [-0.2, -0.15) is 0 Å². The summed E-state index contributed by atoms with van der Waals surface area (Å²) >= 11 is 5.88. The largest absolute Gasteiger partial charge is 0.463 e. The van der Waals surface area contributed by atoms with Gasteiger partial charge in [0, 0.05) is 24.4 Å². The fourth-order valence-electron chi connectivity index (χ4n) is 1.69. The predicted molar refractivity (Wildman–Crippen MR) is 57.1 cm³/mol. The number of hydrogen-bond acceptors (Lipinski definition) is 3. The van der Waals surface area contributed by atoms with Gasteiger partial charge < -0.3 is 14.6 Å². The van der Waals surface area contributed by atoms with Crippen LogP contribution in [0.25, 0.3) is 0 Å². The van der Waals surface area contributed by atoms with Gasteiger partial charge in [-0.3, -0.25) is 0 Å². The lowest BCUT2D eigenvalue weighted by Gasteiger charge is -2.37. The van der Waals surface area contributed by atoms with E-state index in [1.807, 2.05) is 6.07 Å². The Labute approximate surface area is 93.6 Å². The molecule has 82 valence electrons. The van der Waals surface area contributed by atoms with Crippen molar-refractivity contribution in [2.45, 2.75) is 25.7 Å². The summed E-state index contributed by atoms with van der Waals surface area (Å²) in [6.07, 6.45) is -0.346. The van der Waals surface area contributed by atoms with Crippen LogP contribution >= 0.6 is 11.6 Å². The third-order valence-corrected chi connectivity index (χ3v) is 2.51. The monoisotopic (exact) mass is 228 g/mol. The average Bonchev–Trinajstić information content (AvgIpc) is 2.14. The molecule has 1 aromatic rings. The Morgan fingerprint density at radius 2 is 2.20 bits per heavy atom. The molecule has 4 heteroatoms. The number of fused-ring (bicyclic) bond motifs is 1. The number of rotatable bonds is 1. The lowest BCUT2D eigenvalue weighted by molar-refractivity contribution is -0.214. The number of aliphatic hydroxyl groups excluding tert-OH is 1. The van der Waals surface area contributed by atoms with Gasteiger partial charge in [0.1, 0.15) is 11.9 Å². The van der Waals surface area contributed by atoms with E-state index in [1.54, 1.807) is 26.0 Å². The molecule has 0 spiro atoms. The topological polar surface area (TPSA) is 38.7 Å². The van der Waals surface area contributed by atoms with Crippen molar-refractivity contribution in [2.24, 2.45) is 0 Å². The van der Waals surface area contributed by atoms with E-state index in [2.05, 4.69) is 0 Å². The van der Waals surface area contributed by atoms with Gasteiger partial charge >= 0.3 is 0 Å². The molecule has 0 aliphatic carbocycles. The molecule has 0 fully saturated rings. The van der Waals surface area contributed by atoms with E-state index >= 15 is 0 Å². The molecule has 15 heavy (non-hydrogen) atoms. The molecule has 1 atom stereocenters. The summed E-state index contributed by atoms with van der Waals surface area (Å²) in [6, 6.07) is 5.31. The molecule has 2 rings (SSSR count). The first-order chi connectivity index (χ1) is 7.02. The number of halogens is 1. The van der Waals surface area contributed by atoms with Crippen LogP contribution in [0.3, 0.4) is 0 Å². The average molecular weight is 229 g/mol. The molecule has 1 heterocycles. The van der Waals surface area contributed by atoms with Gasteiger partial charge in [0.2, 0.25) is 5.79 Å². The second kappa shape index (κ2) is 3.67. The highest BCUT2D eigenvalue weighted by Gasteiger charge is 2.33. The maximum absolute atomic E-state index is 9.23. The van der Waals surface area contributed by atoms with E-state index in [4.69, 9.17) is 21.1 Å². The second-order valence-corrected chi connectivity index (χ2v) is 4.41. The molecule has 0 amide bonds. The van der Waals surface area contributed by atoms with Crippen molar-refractivity contribution in [1.29, 1.82) is 0 Å². The van der Waals surface area contributed by atoms with Crippen LogP contribution in [0.2, 0.25) is 5.02 Å².